The molecule has 2 rings (SSSR count). The molecule has 1 saturated heterocycles. The van der Waals surface area contributed by atoms with Crippen LogP contribution >= 0.6 is 0 Å². The Morgan fingerprint density at radius 2 is 2.17 bits per heavy atom. The zero-order valence-electron chi connectivity index (χ0n) is 15.1. The first-order chi connectivity index (χ1) is 10.8. The minimum atomic E-state index is -0.192. The summed E-state index contributed by atoms with van der Waals surface area (Å²) < 4.78 is 7.57. The number of morpholine rings is 1. The Kier molecular flexibility index (Phi) is 5.78. The molecule has 0 bridgehead atoms. The van der Waals surface area contributed by atoms with Crippen molar-refractivity contribution in [3.05, 3.63) is 11.4 Å². The summed E-state index contributed by atoms with van der Waals surface area (Å²) >= 11 is 0. The third-order valence-corrected chi connectivity index (χ3v) is 4.42. The number of amides is 1. The molecule has 1 fully saturated rings. The molecule has 1 aromatic rings. The molecular weight excluding hydrogens is 294 g/mol. The number of carbonyl (C=O) groups is 1. The monoisotopic (exact) mass is 323 g/mol. The van der Waals surface area contributed by atoms with Gasteiger partial charge in [-0.25, -0.2) is 0 Å². The van der Waals surface area contributed by atoms with Gasteiger partial charge in [0.05, 0.1) is 35.8 Å². The van der Waals surface area contributed by atoms with Crippen molar-refractivity contribution in [1.82, 2.24) is 19.6 Å². The summed E-state index contributed by atoms with van der Waals surface area (Å²) in [4.78, 5) is 16.9. The van der Waals surface area contributed by atoms with E-state index in [1.807, 2.05) is 41.9 Å². The molecule has 7 nitrogen and oxygen atoms in total. The zero-order chi connectivity index (χ0) is 17.1. The van der Waals surface area contributed by atoms with E-state index >= 15 is 0 Å². The second kappa shape index (κ2) is 7.42. The molecule has 7 heteroatoms. The van der Waals surface area contributed by atoms with Gasteiger partial charge in [-0.15, -0.1) is 0 Å². The van der Waals surface area contributed by atoms with Gasteiger partial charge in [0.15, 0.2) is 0 Å². The zero-order valence-corrected chi connectivity index (χ0v) is 15.1. The lowest BCUT2D eigenvalue weighted by atomic mass is 10.2. The second-order valence-corrected chi connectivity index (χ2v) is 6.58. The van der Waals surface area contributed by atoms with Gasteiger partial charge in [0, 0.05) is 26.7 Å². The Bertz CT molecular complexity index is 555. The molecule has 130 valence electrons. The highest BCUT2D eigenvalue weighted by Gasteiger charge is 2.28. The highest BCUT2D eigenvalue weighted by molar-refractivity contribution is 5.95. The molecule has 0 radical (unpaired) electrons. The number of likely N-dealkylation sites (N-methyl/N-ethyl adjacent to an activating group) is 1. The summed E-state index contributed by atoms with van der Waals surface area (Å²) in [6.07, 6.45) is 0.149. The Balaban J connectivity index is 1.99. The molecule has 1 amide bonds. The molecule has 1 aromatic heterocycles. The summed E-state index contributed by atoms with van der Waals surface area (Å²) in [5.41, 5.74) is 2.64. The van der Waals surface area contributed by atoms with E-state index in [1.54, 1.807) is 4.68 Å². The van der Waals surface area contributed by atoms with Gasteiger partial charge >= 0.3 is 0 Å². The largest absolute Gasteiger partial charge is 0.374 e. The summed E-state index contributed by atoms with van der Waals surface area (Å²) in [5.74, 6) is 0.00898. The highest BCUT2D eigenvalue weighted by Crippen LogP contribution is 2.19. The number of nitrogens with one attached hydrogen (secondary N) is 1. The molecule has 0 unspecified atom stereocenters. The van der Waals surface area contributed by atoms with Crippen molar-refractivity contribution in [3.8, 4) is 0 Å². The number of hydrogen-bond donors (Lipinski definition) is 1. The van der Waals surface area contributed by atoms with Gasteiger partial charge in [0.25, 0.3) is 0 Å². The molecule has 0 aromatic carbocycles. The van der Waals surface area contributed by atoms with Crippen molar-refractivity contribution in [2.45, 2.75) is 32.9 Å². The fourth-order valence-corrected chi connectivity index (χ4v) is 2.96. The lowest BCUT2D eigenvalue weighted by Gasteiger charge is -2.37. The molecule has 1 aliphatic rings. The average Bonchev–Trinajstić information content (AvgIpc) is 2.72. The van der Waals surface area contributed by atoms with Crippen LogP contribution in [0.15, 0.2) is 0 Å². The van der Waals surface area contributed by atoms with E-state index in [-0.39, 0.29) is 18.1 Å². The predicted molar refractivity (Wildman–Crippen MR) is 90.6 cm³/mol. The number of rotatable bonds is 5. The molecule has 23 heavy (non-hydrogen) atoms. The van der Waals surface area contributed by atoms with Crippen LogP contribution < -0.4 is 5.32 Å². The number of nitrogens with zero attached hydrogens (tertiary/aromatic N) is 4. The smallest absolute Gasteiger partial charge is 0.241 e. The molecule has 0 aliphatic carbocycles. The fourth-order valence-electron chi connectivity index (χ4n) is 2.96. The Hall–Kier alpha value is -1.44. The van der Waals surface area contributed by atoms with E-state index in [0.717, 1.165) is 36.7 Å². The van der Waals surface area contributed by atoms with Crippen molar-refractivity contribution >= 4 is 11.6 Å². The number of aryl methyl sites for hydroxylation is 2. The van der Waals surface area contributed by atoms with Gasteiger partial charge in [-0.3, -0.25) is 14.4 Å². The van der Waals surface area contributed by atoms with Crippen molar-refractivity contribution in [2.24, 2.45) is 7.05 Å². The lowest BCUT2D eigenvalue weighted by Crippen LogP contribution is -2.52. The topological polar surface area (TPSA) is 62.6 Å². The molecule has 2 atom stereocenters. The number of carbonyl (C=O) groups excluding carboxylic acids is 1. The molecule has 0 saturated carbocycles. The van der Waals surface area contributed by atoms with E-state index in [9.17, 15) is 4.79 Å². The predicted octanol–water partition coefficient (Wildman–Crippen LogP) is 0.626. The summed E-state index contributed by atoms with van der Waals surface area (Å²) in [5, 5.41) is 7.38. The third kappa shape index (κ3) is 4.31. The SMILES string of the molecule is Cc1nn(C)c(C)c1NC(=O)[C@@H](C)N1CCO[C@H](CN(C)C)C1. The minimum Gasteiger partial charge on any atom is -0.374 e. The fraction of sp³-hybridized carbons (Fsp3) is 0.750. The molecule has 0 spiro atoms. The first-order valence-corrected chi connectivity index (χ1v) is 8.11. The van der Waals surface area contributed by atoms with Gasteiger partial charge < -0.3 is 15.0 Å². The van der Waals surface area contributed by atoms with Crippen molar-refractivity contribution < 1.29 is 9.53 Å². The lowest BCUT2D eigenvalue weighted by molar-refractivity contribution is -0.124. The van der Waals surface area contributed by atoms with E-state index in [2.05, 4.69) is 20.2 Å². The molecule has 2 heterocycles. The molecule has 1 N–H and O–H groups in total. The maximum Gasteiger partial charge on any atom is 0.241 e. The van der Waals surface area contributed by atoms with Crippen molar-refractivity contribution in [2.75, 3.05) is 45.7 Å². The summed E-state index contributed by atoms with van der Waals surface area (Å²) in [7, 11) is 5.95. The van der Waals surface area contributed by atoms with Crippen LogP contribution in [-0.2, 0) is 16.6 Å². The Labute approximate surface area is 138 Å². The number of hydrogen-bond acceptors (Lipinski definition) is 5. The van der Waals surface area contributed by atoms with Crippen LogP contribution in [0.3, 0.4) is 0 Å². The maximum atomic E-state index is 12.6. The average molecular weight is 323 g/mol. The Morgan fingerprint density at radius 3 is 2.74 bits per heavy atom. The highest BCUT2D eigenvalue weighted by atomic mass is 16.5. The second-order valence-electron chi connectivity index (χ2n) is 6.58. The first kappa shape index (κ1) is 17.9. The summed E-state index contributed by atoms with van der Waals surface area (Å²) in [6.45, 7) is 8.92. The quantitative estimate of drug-likeness (QED) is 0.861. The molecule has 1 aliphatic heterocycles. The van der Waals surface area contributed by atoms with E-state index in [1.165, 1.54) is 0 Å². The van der Waals surface area contributed by atoms with Crippen LogP contribution in [0.1, 0.15) is 18.3 Å². The normalized spacial score (nSPS) is 20.7. The third-order valence-electron chi connectivity index (χ3n) is 4.42. The van der Waals surface area contributed by atoms with Gasteiger partial charge in [-0.1, -0.05) is 0 Å². The Morgan fingerprint density at radius 1 is 1.48 bits per heavy atom. The first-order valence-electron chi connectivity index (χ1n) is 8.11. The molecular formula is C16H29N5O2. The van der Waals surface area contributed by atoms with Crippen LogP contribution in [-0.4, -0.2) is 78.0 Å². The van der Waals surface area contributed by atoms with Crippen LogP contribution in [0, 0.1) is 13.8 Å². The van der Waals surface area contributed by atoms with Crippen LogP contribution in [0.25, 0.3) is 0 Å². The van der Waals surface area contributed by atoms with Gasteiger partial charge in [-0.2, -0.15) is 5.10 Å². The number of anilines is 1. The minimum absolute atomic E-state index is 0.00898. The van der Waals surface area contributed by atoms with Crippen LogP contribution in [0.2, 0.25) is 0 Å². The number of aromatic nitrogens is 2. The van der Waals surface area contributed by atoms with Gasteiger partial charge in [0.1, 0.15) is 0 Å². The van der Waals surface area contributed by atoms with Gasteiger partial charge in [-0.05, 0) is 34.9 Å². The van der Waals surface area contributed by atoms with Crippen molar-refractivity contribution in [3.63, 3.8) is 0 Å². The van der Waals surface area contributed by atoms with E-state index in [4.69, 9.17) is 4.74 Å². The maximum absolute atomic E-state index is 12.6. The summed E-state index contributed by atoms with van der Waals surface area (Å²) in [6, 6.07) is -0.192. The number of ether oxygens (including phenoxy) is 1. The van der Waals surface area contributed by atoms with Crippen molar-refractivity contribution in [1.29, 1.82) is 0 Å². The van der Waals surface area contributed by atoms with Gasteiger partial charge in [0.2, 0.25) is 5.91 Å². The van der Waals surface area contributed by atoms with E-state index < -0.39 is 0 Å². The van der Waals surface area contributed by atoms with E-state index in [0.29, 0.717) is 6.61 Å². The van der Waals surface area contributed by atoms with Crippen LogP contribution in [0.5, 0.6) is 0 Å². The van der Waals surface area contributed by atoms with Crippen LogP contribution in [0.4, 0.5) is 5.69 Å². The standard InChI is InChI=1S/C16H29N5O2/c1-11-15(12(2)20(6)18-11)17-16(22)13(3)21-7-8-23-14(10-21)9-19(4)5/h13-14H,7-10H2,1-6H3,(H,17,22)/t13-,14-/m1/s1.